The summed E-state index contributed by atoms with van der Waals surface area (Å²) in [5.74, 6) is 5.60. The highest BCUT2D eigenvalue weighted by Gasteiger charge is 2.20. The Balaban J connectivity index is 2.33. The van der Waals surface area contributed by atoms with Gasteiger partial charge in [-0.15, -0.1) is 11.8 Å². The van der Waals surface area contributed by atoms with Crippen molar-refractivity contribution in [1.29, 1.82) is 0 Å². The Morgan fingerprint density at radius 1 is 1.36 bits per heavy atom. The summed E-state index contributed by atoms with van der Waals surface area (Å²) in [7, 11) is 0. The molecule has 118 valence electrons. The van der Waals surface area contributed by atoms with Gasteiger partial charge in [0.15, 0.2) is 0 Å². The minimum atomic E-state index is -1.08. The lowest BCUT2D eigenvalue weighted by atomic mass is 10.2. The fraction of sp³-hybridized carbons (Fsp3) is 0.375. The van der Waals surface area contributed by atoms with Gasteiger partial charge in [0.25, 0.3) is 0 Å². The van der Waals surface area contributed by atoms with E-state index in [1.165, 1.54) is 11.8 Å². The van der Waals surface area contributed by atoms with Crippen molar-refractivity contribution >= 4 is 23.8 Å². The first-order valence-corrected chi connectivity index (χ1v) is 7.96. The van der Waals surface area contributed by atoms with Gasteiger partial charge in [-0.3, -0.25) is 0 Å². The highest BCUT2D eigenvalue weighted by atomic mass is 32.2. The van der Waals surface area contributed by atoms with E-state index in [9.17, 15) is 9.59 Å². The maximum absolute atomic E-state index is 11.6. The van der Waals surface area contributed by atoms with E-state index in [1.807, 2.05) is 30.3 Å². The van der Waals surface area contributed by atoms with Crippen LogP contribution < -0.4 is 5.32 Å². The SMILES string of the molecule is CC#CCCSCC(NC(=O)OCc1ccccc1)C(=O)O. The Morgan fingerprint density at radius 3 is 2.73 bits per heavy atom. The molecule has 1 aromatic rings. The predicted molar refractivity (Wildman–Crippen MR) is 86.6 cm³/mol. The summed E-state index contributed by atoms with van der Waals surface area (Å²) < 4.78 is 5.01. The number of aliphatic carboxylic acids is 1. The maximum atomic E-state index is 11.6. The summed E-state index contributed by atoms with van der Waals surface area (Å²) in [4.78, 5) is 22.8. The Labute approximate surface area is 134 Å². The van der Waals surface area contributed by atoms with Gasteiger partial charge in [0.05, 0.1) is 0 Å². The highest BCUT2D eigenvalue weighted by Crippen LogP contribution is 2.06. The highest BCUT2D eigenvalue weighted by molar-refractivity contribution is 7.99. The summed E-state index contributed by atoms with van der Waals surface area (Å²) in [6.07, 6.45) is -0.0309. The van der Waals surface area contributed by atoms with Crippen molar-refractivity contribution in [2.75, 3.05) is 11.5 Å². The average Bonchev–Trinajstić information content (AvgIpc) is 2.52. The number of benzene rings is 1. The third-order valence-corrected chi connectivity index (χ3v) is 3.70. The van der Waals surface area contributed by atoms with E-state index in [1.54, 1.807) is 6.92 Å². The number of carbonyl (C=O) groups is 2. The van der Waals surface area contributed by atoms with Crippen molar-refractivity contribution in [2.24, 2.45) is 0 Å². The molecule has 0 heterocycles. The van der Waals surface area contributed by atoms with Gasteiger partial charge in [-0.2, -0.15) is 11.8 Å². The van der Waals surface area contributed by atoms with Gasteiger partial charge in [-0.25, -0.2) is 9.59 Å². The number of hydrogen-bond donors (Lipinski definition) is 2. The number of carboxylic acid groups (broad SMARTS) is 1. The molecular formula is C16H19NO4S. The van der Waals surface area contributed by atoms with E-state index in [2.05, 4.69) is 17.2 Å². The number of ether oxygens (including phenoxy) is 1. The van der Waals surface area contributed by atoms with E-state index in [4.69, 9.17) is 9.84 Å². The van der Waals surface area contributed by atoms with Gasteiger partial charge in [0.2, 0.25) is 0 Å². The van der Waals surface area contributed by atoms with Crippen LogP contribution in [0.4, 0.5) is 4.79 Å². The predicted octanol–water partition coefficient (Wildman–Crippen LogP) is 2.51. The first kappa shape index (κ1) is 17.9. The summed E-state index contributed by atoms with van der Waals surface area (Å²) in [6.45, 7) is 1.87. The van der Waals surface area contributed by atoms with Crippen molar-refractivity contribution in [2.45, 2.75) is 26.0 Å². The van der Waals surface area contributed by atoms with Crippen LogP contribution in [0.15, 0.2) is 30.3 Å². The molecule has 0 fully saturated rings. The number of rotatable bonds is 8. The van der Waals surface area contributed by atoms with E-state index in [0.717, 1.165) is 11.3 Å². The molecule has 0 aliphatic rings. The molecule has 1 unspecified atom stereocenters. The normalized spacial score (nSPS) is 11.0. The van der Waals surface area contributed by atoms with Crippen molar-refractivity contribution in [3.8, 4) is 11.8 Å². The summed E-state index contributed by atoms with van der Waals surface area (Å²) in [6, 6.07) is 8.23. The molecule has 0 saturated carbocycles. The molecule has 0 bridgehead atoms. The van der Waals surface area contributed by atoms with Gasteiger partial charge < -0.3 is 15.2 Å². The minimum Gasteiger partial charge on any atom is -0.480 e. The Morgan fingerprint density at radius 2 is 2.09 bits per heavy atom. The molecule has 0 aliphatic heterocycles. The van der Waals surface area contributed by atoms with Crippen LogP contribution in [-0.4, -0.2) is 34.7 Å². The second kappa shape index (κ2) is 10.6. The van der Waals surface area contributed by atoms with Crippen molar-refractivity contribution in [3.05, 3.63) is 35.9 Å². The summed E-state index contributed by atoms with van der Waals surface area (Å²) in [5.41, 5.74) is 0.844. The quantitative estimate of drug-likeness (QED) is 0.568. The smallest absolute Gasteiger partial charge is 0.408 e. The average molecular weight is 321 g/mol. The van der Waals surface area contributed by atoms with Gasteiger partial charge in [0.1, 0.15) is 12.6 Å². The first-order valence-electron chi connectivity index (χ1n) is 6.81. The Kier molecular flexibility index (Phi) is 8.61. The Bertz CT molecular complexity index is 536. The maximum Gasteiger partial charge on any atom is 0.408 e. The summed E-state index contributed by atoms with van der Waals surface area (Å²) >= 11 is 1.43. The molecule has 1 aromatic carbocycles. The van der Waals surface area contributed by atoms with E-state index in [-0.39, 0.29) is 12.4 Å². The second-order valence-corrected chi connectivity index (χ2v) is 5.50. The van der Waals surface area contributed by atoms with E-state index >= 15 is 0 Å². The first-order chi connectivity index (χ1) is 10.6. The third-order valence-electron chi connectivity index (χ3n) is 2.64. The van der Waals surface area contributed by atoms with Gasteiger partial charge in [-0.1, -0.05) is 30.3 Å². The second-order valence-electron chi connectivity index (χ2n) is 4.35. The molecule has 0 radical (unpaired) electrons. The van der Waals surface area contributed by atoms with Crippen LogP contribution in [0.5, 0.6) is 0 Å². The lowest BCUT2D eigenvalue weighted by molar-refractivity contribution is -0.138. The number of alkyl carbamates (subject to hydrolysis) is 1. The molecule has 0 aromatic heterocycles. The largest absolute Gasteiger partial charge is 0.480 e. The standard InChI is InChI=1S/C16H19NO4S/c1-2-3-7-10-22-12-14(15(18)19)17-16(20)21-11-13-8-5-4-6-9-13/h4-6,8-9,14H,7,10-12H2,1H3,(H,17,20)(H,18,19). The zero-order valence-corrected chi connectivity index (χ0v) is 13.2. The van der Waals surface area contributed by atoms with Crippen LogP contribution in [-0.2, 0) is 16.1 Å². The number of hydrogen-bond acceptors (Lipinski definition) is 4. The van der Waals surface area contributed by atoms with Crippen molar-refractivity contribution < 1.29 is 19.4 Å². The fourth-order valence-corrected chi connectivity index (χ4v) is 2.41. The van der Waals surface area contributed by atoms with Crippen LogP contribution in [0.25, 0.3) is 0 Å². The lowest BCUT2D eigenvalue weighted by Gasteiger charge is -2.14. The van der Waals surface area contributed by atoms with Crippen LogP contribution in [0.3, 0.4) is 0 Å². The zero-order chi connectivity index (χ0) is 16.2. The zero-order valence-electron chi connectivity index (χ0n) is 12.4. The topological polar surface area (TPSA) is 75.6 Å². The fourth-order valence-electron chi connectivity index (χ4n) is 1.53. The number of thioether (sulfide) groups is 1. The number of carbonyl (C=O) groups excluding carboxylic acids is 1. The van der Waals surface area contributed by atoms with E-state index < -0.39 is 18.1 Å². The van der Waals surface area contributed by atoms with Crippen molar-refractivity contribution in [3.63, 3.8) is 0 Å². The molecule has 1 amide bonds. The molecule has 0 spiro atoms. The molecule has 5 nitrogen and oxygen atoms in total. The van der Waals surface area contributed by atoms with Crippen molar-refractivity contribution in [1.82, 2.24) is 5.32 Å². The molecular weight excluding hydrogens is 302 g/mol. The van der Waals surface area contributed by atoms with Crippen LogP contribution in [0, 0.1) is 11.8 Å². The van der Waals surface area contributed by atoms with Gasteiger partial charge in [-0.05, 0) is 12.5 Å². The van der Waals surface area contributed by atoms with Crippen LogP contribution in [0.2, 0.25) is 0 Å². The molecule has 0 saturated heterocycles. The Hall–Kier alpha value is -2.13. The third kappa shape index (κ3) is 7.60. The number of nitrogens with one attached hydrogen (secondary N) is 1. The van der Waals surface area contributed by atoms with E-state index in [0.29, 0.717) is 6.42 Å². The molecule has 22 heavy (non-hydrogen) atoms. The molecule has 2 N–H and O–H groups in total. The molecule has 6 heteroatoms. The van der Waals surface area contributed by atoms with Crippen LogP contribution >= 0.6 is 11.8 Å². The number of carboxylic acids is 1. The monoisotopic (exact) mass is 321 g/mol. The van der Waals surface area contributed by atoms with Crippen LogP contribution in [0.1, 0.15) is 18.9 Å². The molecule has 1 rings (SSSR count). The molecule has 0 aliphatic carbocycles. The number of amides is 1. The minimum absolute atomic E-state index is 0.109. The summed E-state index contributed by atoms with van der Waals surface area (Å²) in [5, 5.41) is 11.5. The molecule has 1 atom stereocenters. The van der Waals surface area contributed by atoms with Gasteiger partial charge >= 0.3 is 12.1 Å². The lowest BCUT2D eigenvalue weighted by Crippen LogP contribution is -2.42. The van der Waals surface area contributed by atoms with Gasteiger partial charge in [0, 0.05) is 17.9 Å².